The molecule has 1 atom stereocenters. The van der Waals surface area contributed by atoms with Crippen LogP contribution in [-0.4, -0.2) is 27.6 Å². The van der Waals surface area contributed by atoms with Crippen molar-refractivity contribution in [1.82, 2.24) is 15.1 Å². The van der Waals surface area contributed by atoms with E-state index < -0.39 is 23.8 Å². The first-order chi connectivity index (χ1) is 15.6. The third-order valence-electron chi connectivity index (χ3n) is 4.79. The molecule has 3 rings (SSSR count). The molecule has 10 heteroatoms. The van der Waals surface area contributed by atoms with Crippen molar-refractivity contribution >= 4 is 17.6 Å². The van der Waals surface area contributed by atoms with Gasteiger partial charge in [-0.05, 0) is 36.6 Å². The number of aryl methyl sites for hydroxylation is 1. The highest BCUT2D eigenvalue weighted by molar-refractivity contribution is 5.90. The van der Waals surface area contributed by atoms with Crippen LogP contribution in [0.2, 0.25) is 0 Å². The number of alkyl halides is 3. The molecule has 2 aromatic carbocycles. The molecule has 0 saturated heterocycles. The lowest BCUT2D eigenvalue weighted by molar-refractivity contribution is -0.141. The number of rotatable bonds is 8. The van der Waals surface area contributed by atoms with Crippen molar-refractivity contribution in [2.45, 2.75) is 38.5 Å². The van der Waals surface area contributed by atoms with Gasteiger partial charge in [-0.1, -0.05) is 42.5 Å². The predicted octanol–water partition coefficient (Wildman–Crippen LogP) is 3.43. The zero-order valence-electron chi connectivity index (χ0n) is 17.9. The Hall–Kier alpha value is -3.66. The first-order valence-corrected chi connectivity index (χ1v) is 10.3. The number of nitrogens with zero attached hydrogens (tertiary/aromatic N) is 2. The van der Waals surface area contributed by atoms with Gasteiger partial charge in [0.25, 0.3) is 0 Å². The van der Waals surface area contributed by atoms with E-state index in [2.05, 4.69) is 15.7 Å². The van der Waals surface area contributed by atoms with E-state index in [-0.39, 0.29) is 24.7 Å². The Morgan fingerprint density at radius 2 is 1.76 bits per heavy atom. The van der Waals surface area contributed by atoms with Gasteiger partial charge in [-0.25, -0.2) is 4.68 Å². The highest BCUT2D eigenvalue weighted by atomic mass is 19.4. The second-order valence-electron chi connectivity index (χ2n) is 7.53. The van der Waals surface area contributed by atoms with Gasteiger partial charge in [0.2, 0.25) is 11.8 Å². The Labute approximate surface area is 188 Å². The minimum Gasteiger partial charge on any atom is -0.351 e. The van der Waals surface area contributed by atoms with Crippen LogP contribution in [0.25, 0.3) is 5.69 Å². The summed E-state index contributed by atoms with van der Waals surface area (Å²) in [6.45, 7) is 1.68. The maximum atomic E-state index is 13.3. The van der Waals surface area contributed by atoms with Crippen LogP contribution in [0.1, 0.15) is 30.2 Å². The van der Waals surface area contributed by atoms with Gasteiger partial charge >= 0.3 is 6.18 Å². The van der Waals surface area contributed by atoms with E-state index in [1.807, 2.05) is 30.3 Å². The highest BCUT2D eigenvalue weighted by Crippen LogP contribution is 2.31. The summed E-state index contributed by atoms with van der Waals surface area (Å²) < 4.78 is 41.0. The van der Waals surface area contributed by atoms with Gasteiger partial charge in [0, 0.05) is 19.0 Å². The number of nitrogens with two attached hydrogens (primary N) is 1. The monoisotopic (exact) mass is 459 g/mol. The fourth-order valence-electron chi connectivity index (χ4n) is 3.06. The molecule has 0 aliphatic rings. The van der Waals surface area contributed by atoms with E-state index in [9.17, 15) is 22.8 Å². The number of hydrogen-bond acceptors (Lipinski definition) is 4. The van der Waals surface area contributed by atoms with Crippen molar-refractivity contribution in [2.75, 3.05) is 5.32 Å². The number of halogens is 3. The number of carbonyl (C=O) groups excluding carboxylic acids is 2. The van der Waals surface area contributed by atoms with Crippen molar-refractivity contribution in [1.29, 1.82) is 0 Å². The average Bonchev–Trinajstić information content (AvgIpc) is 3.21. The number of amides is 2. The summed E-state index contributed by atoms with van der Waals surface area (Å²) in [6, 6.07) is 15.9. The molecule has 0 aliphatic carbocycles. The van der Waals surface area contributed by atoms with Gasteiger partial charge in [-0.2, -0.15) is 18.3 Å². The van der Waals surface area contributed by atoms with Crippen LogP contribution in [0.5, 0.6) is 0 Å². The lowest BCUT2D eigenvalue weighted by atomic mass is 10.1. The number of anilines is 1. The first kappa shape index (κ1) is 24.0. The second kappa shape index (κ2) is 10.3. The minimum atomic E-state index is -4.68. The summed E-state index contributed by atoms with van der Waals surface area (Å²) in [5, 5.41) is 8.83. The van der Waals surface area contributed by atoms with Crippen LogP contribution in [0, 0.1) is 0 Å². The Bertz CT molecular complexity index is 1110. The molecule has 7 nitrogen and oxygen atoms in total. The molecule has 3 aromatic rings. The summed E-state index contributed by atoms with van der Waals surface area (Å²) in [5.74, 6) is -0.892. The largest absolute Gasteiger partial charge is 0.435 e. The topological polar surface area (TPSA) is 102 Å². The summed E-state index contributed by atoms with van der Waals surface area (Å²) in [4.78, 5) is 24.1. The fourth-order valence-corrected chi connectivity index (χ4v) is 3.06. The maximum Gasteiger partial charge on any atom is 0.435 e. The zero-order valence-corrected chi connectivity index (χ0v) is 17.9. The molecule has 0 fully saturated rings. The molecule has 1 heterocycles. The molecule has 0 saturated carbocycles. The van der Waals surface area contributed by atoms with Gasteiger partial charge in [0.1, 0.15) is 5.82 Å². The molecule has 1 aromatic heterocycles. The van der Waals surface area contributed by atoms with Gasteiger partial charge < -0.3 is 16.4 Å². The fraction of sp³-hybridized carbons (Fsp3) is 0.261. The normalized spacial score (nSPS) is 12.3. The molecule has 0 radical (unpaired) electrons. The molecular weight excluding hydrogens is 435 g/mol. The molecule has 0 spiro atoms. The average molecular weight is 459 g/mol. The minimum absolute atomic E-state index is 0.0971. The van der Waals surface area contributed by atoms with Crippen LogP contribution in [0.3, 0.4) is 0 Å². The van der Waals surface area contributed by atoms with Gasteiger partial charge in [0.15, 0.2) is 5.69 Å². The van der Waals surface area contributed by atoms with Crippen molar-refractivity contribution in [3.05, 3.63) is 77.5 Å². The molecule has 174 valence electrons. The number of benzene rings is 2. The Morgan fingerprint density at radius 1 is 1.06 bits per heavy atom. The first-order valence-electron chi connectivity index (χ1n) is 10.3. The van der Waals surface area contributed by atoms with Crippen LogP contribution in [-0.2, 0) is 28.7 Å². The van der Waals surface area contributed by atoms with E-state index >= 15 is 0 Å². The summed E-state index contributed by atoms with van der Waals surface area (Å²) >= 11 is 0. The maximum absolute atomic E-state index is 13.3. The third-order valence-corrected chi connectivity index (χ3v) is 4.79. The van der Waals surface area contributed by atoms with Crippen molar-refractivity contribution < 1.29 is 22.8 Å². The SMILES string of the molecule is C[C@H](N)C(=O)NCc1cccc(-n2nc(C(F)(F)F)cc2NC(=O)CCc2ccccc2)c1. The molecule has 33 heavy (non-hydrogen) atoms. The third kappa shape index (κ3) is 6.66. The summed E-state index contributed by atoms with van der Waals surface area (Å²) in [5.41, 5.74) is 6.27. The molecule has 0 unspecified atom stereocenters. The Morgan fingerprint density at radius 3 is 2.42 bits per heavy atom. The predicted molar refractivity (Wildman–Crippen MR) is 117 cm³/mol. The van der Waals surface area contributed by atoms with Crippen molar-refractivity contribution in [3.8, 4) is 5.69 Å². The zero-order chi connectivity index (χ0) is 24.0. The van der Waals surface area contributed by atoms with Gasteiger partial charge in [-0.15, -0.1) is 0 Å². The lowest BCUT2D eigenvalue weighted by Gasteiger charge is -2.12. The smallest absolute Gasteiger partial charge is 0.351 e. The molecule has 0 bridgehead atoms. The molecule has 0 aliphatic heterocycles. The number of hydrogen-bond donors (Lipinski definition) is 3. The lowest BCUT2D eigenvalue weighted by Crippen LogP contribution is -2.37. The van der Waals surface area contributed by atoms with E-state index in [1.165, 1.54) is 0 Å². The van der Waals surface area contributed by atoms with Crippen LogP contribution in [0.15, 0.2) is 60.7 Å². The van der Waals surface area contributed by atoms with E-state index in [0.29, 0.717) is 17.7 Å². The molecule has 4 N–H and O–H groups in total. The summed E-state index contributed by atoms with van der Waals surface area (Å²) in [6.07, 6.45) is -4.14. The Balaban J connectivity index is 1.81. The standard InChI is InChI=1S/C23H24F3N5O2/c1-15(27)22(33)28-14-17-8-5-9-18(12-17)31-20(13-19(30-31)23(24,25)26)29-21(32)11-10-16-6-3-2-4-7-16/h2-9,12-13,15H,10-11,14,27H2,1H3,(H,28,33)(H,29,32)/t15-/m0/s1. The van der Waals surface area contributed by atoms with E-state index in [4.69, 9.17) is 5.73 Å². The second-order valence-corrected chi connectivity index (χ2v) is 7.53. The van der Waals surface area contributed by atoms with Crippen LogP contribution < -0.4 is 16.4 Å². The van der Waals surface area contributed by atoms with E-state index in [0.717, 1.165) is 16.3 Å². The van der Waals surface area contributed by atoms with Crippen molar-refractivity contribution in [2.24, 2.45) is 5.73 Å². The molecular formula is C23H24F3N5O2. The van der Waals surface area contributed by atoms with Gasteiger partial charge in [-0.3, -0.25) is 9.59 Å². The quantitative estimate of drug-likeness (QED) is 0.480. The highest BCUT2D eigenvalue weighted by Gasteiger charge is 2.35. The molecule has 2 amide bonds. The van der Waals surface area contributed by atoms with E-state index in [1.54, 1.807) is 31.2 Å². The number of aromatic nitrogens is 2. The van der Waals surface area contributed by atoms with Crippen LogP contribution >= 0.6 is 0 Å². The summed E-state index contributed by atoms with van der Waals surface area (Å²) in [7, 11) is 0. The number of carbonyl (C=O) groups is 2. The number of nitrogens with one attached hydrogen (secondary N) is 2. The van der Waals surface area contributed by atoms with Crippen molar-refractivity contribution in [3.63, 3.8) is 0 Å². The Kier molecular flexibility index (Phi) is 7.49. The van der Waals surface area contributed by atoms with Crippen LogP contribution in [0.4, 0.5) is 19.0 Å². The van der Waals surface area contributed by atoms with Gasteiger partial charge in [0.05, 0.1) is 11.7 Å².